The molecule has 0 spiro atoms. The minimum Gasteiger partial charge on any atom is -0.454 e. The van der Waals surface area contributed by atoms with E-state index in [1.54, 1.807) is 0 Å². The van der Waals surface area contributed by atoms with Gasteiger partial charge in [-0.25, -0.2) is 4.79 Å². The molecule has 5 heteroatoms. The molecule has 0 aliphatic carbocycles. The number of para-hydroxylation sites is 1. The van der Waals surface area contributed by atoms with Crippen LogP contribution in [0, 0.1) is 13.8 Å². The minimum absolute atomic E-state index is 0.394. The Morgan fingerprint density at radius 1 is 1.04 bits per heavy atom. The topological polar surface area (TPSA) is 55.4 Å². The van der Waals surface area contributed by atoms with Gasteiger partial charge in [-0.15, -0.1) is 11.6 Å². The average Bonchev–Trinajstić information content (AvgIpc) is 2.99. The van der Waals surface area contributed by atoms with Crippen LogP contribution in [0.5, 0.6) is 0 Å². The average molecular weight is 382 g/mol. The van der Waals surface area contributed by atoms with Crippen molar-refractivity contribution >= 4 is 39.2 Å². The van der Waals surface area contributed by atoms with Crippen LogP contribution >= 0.6 is 11.6 Å². The summed E-state index contributed by atoms with van der Waals surface area (Å²) < 4.78 is 11.7. The smallest absolute Gasteiger partial charge is 0.336 e. The number of hydrogen-bond acceptors (Lipinski definition) is 4. The van der Waals surface area contributed by atoms with E-state index in [4.69, 9.17) is 20.4 Å². The summed E-state index contributed by atoms with van der Waals surface area (Å²) in [5, 5.41) is 5.31. The highest BCUT2D eigenvalue weighted by atomic mass is 35.5. The molecule has 4 aromatic rings. The van der Waals surface area contributed by atoms with Crippen molar-refractivity contribution in [3.8, 4) is 11.3 Å². The lowest BCUT2D eigenvalue weighted by Crippen LogP contribution is -2.04. The van der Waals surface area contributed by atoms with Crippen molar-refractivity contribution in [3.05, 3.63) is 64.0 Å². The normalized spacial score (nSPS) is 11.4. The summed E-state index contributed by atoms with van der Waals surface area (Å²) in [5.41, 5.74) is 4.65. The van der Waals surface area contributed by atoms with E-state index >= 15 is 0 Å². The molecule has 0 bridgehead atoms. The van der Waals surface area contributed by atoms with Crippen LogP contribution in [0.1, 0.15) is 17.5 Å². The Morgan fingerprint density at radius 2 is 1.85 bits per heavy atom. The summed E-state index contributed by atoms with van der Waals surface area (Å²) >= 11 is 5.83. The maximum Gasteiger partial charge on any atom is 0.336 e. The Kier molecular flexibility index (Phi) is 4.66. The van der Waals surface area contributed by atoms with Gasteiger partial charge in [-0.3, -0.25) is 0 Å². The summed E-state index contributed by atoms with van der Waals surface area (Å²) in [6, 6.07) is 13.3. The van der Waals surface area contributed by atoms with Crippen LogP contribution in [0.25, 0.3) is 33.3 Å². The second kappa shape index (κ2) is 7.12. The molecule has 4 rings (SSSR count). The highest BCUT2D eigenvalue weighted by molar-refractivity contribution is 6.17. The van der Waals surface area contributed by atoms with E-state index in [9.17, 15) is 4.79 Å². The zero-order valence-corrected chi connectivity index (χ0v) is 16.0. The van der Waals surface area contributed by atoms with Crippen molar-refractivity contribution in [1.82, 2.24) is 0 Å². The highest BCUT2D eigenvalue weighted by Crippen LogP contribution is 2.41. The molecular formula is C22H20ClNO3. The van der Waals surface area contributed by atoms with Crippen molar-refractivity contribution in [1.29, 1.82) is 0 Å². The molecule has 0 atom stereocenters. The van der Waals surface area contributed by atoms with E-state index in [1.165, 1.54) is 6.07 Å². The van der Waals surface area contributed by atoms with Crippen molar-refractivity contribution in [2.45, 2.75) is 20.3 Å². The van der Waals surface area contributed by atoms with Gasteiger partial charge in [0, 0.05) is 34.8 Å². The number of anilines is 1. The van der Waals surface area contributed by atoms with E-state index in [1.807, 2.05) is 44.2 Å². The highest BCUT2D eigenvalue weighted by Gasteiger charge is 2.20. The summed E-state index contributed by atoms with van der Waals surface area (Å²) in [5.74, 6) is 1.23. The van der Waals surface area contributed by atoms with Gasteiger partial charge in [-0.2, -0.15) is 0 Å². The third kappa shape index (κ3) is 3.21. The lowest BCUT2D eigenvalue weighted by molar-refractivity contribution is 0.559. The Morgan fingerprint density at radius 3 is 2.67 bits per heavy atom. The molecule has 27 heavy (non-hydrogen) atoms. The maximum absolute atomic E-state index is 12.2. The molecule has 4 nitrogen and oxygen atoms in total. The number of hydrogen-bond donors (Lipinski definition) is 1. The predicted octanol–water partition coefficient (Wildman–Crippen LogP) is 5.86. The van der Waals surface area contributed by atoms with Crippen LogP contribution in [0.2, 0.25) is 0 Å². The van der Waals surface area contributed by atoms with E-state index in [0.29, 0.717) is 17.2 Å². The standard InChI is InChI=1S/C22H20ClNO3/c1-13-10-14(2)20-16(12-19(25)26-18(20)11-13)22-21(24-9-5-8-23)15-6-3-4-7-17(15)27-22/h3-4,6-7,10-12,24H,5,8-9H2,1-2H3. The SMILES string of the molecule is Cc1cc(C)c2c(-c3oc4ccccc4c3NCCCCl)cc(=O)oc2c1. The number of benzene rings is 2. The molecule has 2 aromatic carbocycles. The first-order chi connectivity index (χ1) is 13.1. The summed E-state index contributed by atoms with van der Waals surface area (Å²) in [6.45, 7) is 4.72. The number of alkyl halides is 1. The molecule has 1 N–H and O–H groups in total. The van der Waals surface area contributed by atoms with Gasteiger partial charge < -0.3 is 14.2 Å². The third-order valence-corrected chi connectivity index (χ3v) is 4.91. The zero-order chi connectivity index (χ0) is 19.0. The lowest BCUT2D eigenvalue weighted by atomic mass is 10.00. The summed E-state index contributed by atoms with van der Waals surface area (Å²) in [4.78, 5) is 12.2. The van der Waals surface area contributed by atoms with Gasteiger partial charge in [-0.05, 0) is 49.6 Å². The van der Waals surface area contributed by atoms with Crippen LogP contribution in [-0.2, 0) is 0 Å². The van der Waals surface area contributed by atoms with Crippen molar-refractivity contribution in [2.75, 3.05) is 17.7 Å². The fraction of sp³-hybridized carbons (Fsp3) is 0.227. The monoisotopic (exact) mass is 381 g/mol. The molecule has 0 saturated heterocycles. The van der Waals surface area contributed by atoms with Crippen LogP contribution < -0.4 is 10.9 Å². The zero-order valence-electron chi connectivity index (χ0n) is 15.3. The second-order valence-corrected chi connectivity index (χ2v) is 7.08. The first-order valence-electron chi connectivity index (χ1n) is 8.95. The van der Waals surface area contributed by atoms with Crippen molar-refractivity contribution < 1.29 is 8.83 Å². The van der Waals surface area contributed by atoms with Crippen LogP contribution in [0.15, 0.2) is 56.1 Å². The van der Waals surface area contributed by atoms with Gasteiger partial charge in [-0.1, -0.05) is 18.2 Å². The maximum atomic E-state index is 12.2. The number of fused-ring (bicyclic) bond motifs is 2. The molecule has 2 aromatic heterocycles. The molecule has 0 aliphatic heterocycles. The first kappa shape index (κ1) is 17.7. The van der Waals surface area contributed by atoms with Gasteiger partial charge in [0.05, 0.1) is 5.69 Å². The van der Waals surface area contributed by atoms with E-state index in [-0.39, 0.29) is 0 Å². The molecule has 0 radical (unpaired) electrons. The van der Waals surface area contributed by atoms with Gasteiger partial charge >= 0.3 is 5.63 Å². The Hall–Kier alpha value is -2.72. The number of furan rings is 1. The number of aryl methyl sites for hydroxylation is 2. The quantitative estimate of drug-likeness (QED) is 0.267. The van der Waals surface area contributed by atoms with Gasteiger partial charge in [0.25, 0.3) is 0 Å². The largest absolute Gasteiger partial charge is 0.454 e. The van der Waals surface area contributed by atoms with Gasteiger partial charge in [0.15, 0.2) is 5.76 Å². The lowest BCUT2D eigenvalue weighted by Gasteiger charge is -2.10. The van der Waals surface area contributed by atoms with E-state index < -0.39 is 5.63 Å². The minimum atomic E-state index is -0.394. The fourth-order valence-corrected chi connectivity index (χ4v) is 3.69. The van der Waals surface area contributed by atoms with Crippen molar-refractivity contribution in [3.63, 3.8) is 0 Å². The Labute approximate surface area is 161 Å². The Balaban J connectivity index is 2.02. The summed E-state index contributed by atoms with van der Waals surface area (Å²) in [7, 11) is 0. The second-order valence-electron chi connectivity index (χ2n) is 6.71. The molecule has 0 fully saturated rings. The molecule has 2 heterocycles. The molecule has 0 amide bonds. The van der Waals surface area contributed by atoms with Crippen molar-refractivity contribution in [2.24, 2.45) is 0 Å². The first-order valence-corrected chi connectivity index (χ1v) is 9.49. The fourth-order valence-electron chi connectivity index (χ4n) is 3.55. The Bertz CT molecular complexity index is 1190. The van der Waals surface area contributed by atoms with Gasteiger partial charge in [0.1, 0.15) is 11.2 Å². The molecular weight excluding hydrogens is 362 g/mol. The van der Waals surface area contributed by atoms with Crippen LogP contribution in [0.4, 0.5) is 5.69 Å². The predicted molar refractivity (Wildman–Crippen MR) is 111 cm³/mol. The molecule has 138 valence electrons. The number of nitrogens with one attached hydrogen (secondary N) is 1. The number of halogens is 1. The van der Waals surface area contributed by atoms with Gasteiger partial charge in [0.2, 0.25) is 0 Å². The summed E-state index contributed by atoms with van der Waals surface area (Å²) in [6.07, 6.45) is 0.830. The molecule has 0 saturated carbocycles. The molecule has 0 unspecified atom stereocenters. The number of rotatable bonds is 5. The molecule has 0 aliphatic rings. The van der Waals surface area contributed by atoms with E-state index in [2.05, 4.69) is 11.4 Å². The van der Waals surface area contributed by atoms with Crippen LogP contribution in [0.3, 0.4) is 0 Å². The third-order valence-electron chi connectivity index (χ3n) is 4.64. The van der Waals surface area contributed by atoms with Crippen LogP contribution in [-0.4, -0.2) is 12.4 Å². The van der Waals surface area contributed by atoms with E-state index in [0.717, 1.165) is 51.7 Å².